The van der Waals surface area contributed by atoms with Gasteiger partial charge in [0.05, 0.1) is 12.2 Å². The van der Waals surface area contributed by atoms with Crippen molar-refractivity contribution in [3.63, 3.8) is 0 Å². The van der Waals surface area contributed by atoms with Crippen LogP contribution < -0.4 is 5.32 Å². The van der Waals surface area contributed by atoms with Gasteiger partial charge in [0, 0.05) is 15.2 Å². The van der Waals surface area contributed by atoms with E-state index in [1.807, 2.05) is 43.3 Å². The largest absolute Gasteiger partial charge is 0.416 e. The van der Waals surface area contributed by atoms with Gasteiger partial charge in [0.25, 0.3) is 5.22 Å². The first-order chi connectivity index (χ1) is 12.5. The minimum Gasteiger partial charge on any atom is -0.416 e. The normalized spacial score (nSPS) is 10.7. The van der Waals surface area contributed by atoms with Crippen LogP contribution in [0.5, 0.6) is 0 Å². The first-order valence-electron chi connectivity index (χ1n) is 7.75. The molecule has 2 aromatic carbocycles. The van der Waals surface area contributed by atoms with Gasteiger partial charge in [-0.1, -0.05) is 57.5 Å². The lowest BCUT2D eigenvalue weighted by Gasteiger charge is -2.05. The Kier molecular flexibility index (Phi) is 6.34. The number of hydrogen-bond acceptors (Lipinski definition) is 5. The van der Waals surface area contributed by atoms with Crippen molar-refractivity contribution in [1.82, 2.24) is 10.2 Å². The van der Waals surface area contributed by atoms with Gasteiger partial charge in [-0.2, -0.15) is 0 Å². The molecule has 0 unspecified atom stereocenters. The van der Waals surface area contributed by atoms with Gasteiger partial charge in [-0.25, -0.2) is 0 Å². The lowest BCUT2D eigenvalue weighted by atomic mass is 10.2. The third kappa shape index (κ3) is 5.33. The van der Waals surface area contributed by atoms with Crippen LogP contribution in [0.25, 0.3) is 0 Å². The molecule has 134 valence electrons. The molecular weight excluding hydrogens is 438 g/mol. The van der Waals surface area contributed by atoms with Gasteiger partial charge in [0.2, 0.25) is 11.8 Å². The first-order valence-corrected chi connectivity index (χ1v) is 9.91. The summed E-state index contributed by atoms with van der Waals surface area (Å²) in [6, 6.07) is 13.3. The minimum atomic E-state index is -0.164. The molecule has 1 heterocycles. The highest BCUT2D eigenvalue weighted by Crippen LogP contribution is 2.22. The first kappa shape index (κ1) is 18.9. The number of aryl methyl sites for hydroxylation is 1. The maximum atomic E-state index is 12.0. The lowest BCUT2D eigenvalue weighted by molar-refractivity contribution is -0.113. The molecule has 1 amide bonds. The van der Waals surface area contributed by atoms with Crippen molar-refractivity contribution in [1.29, 1.82) is 0 Å². The molecule has 0 bridgehead atoms. The second-order valence-electron chi connectivity index (χ2n) is 5.57. The molecule has 0 aliphatic heterocycles. The topological polar surface area (TPSA) is 68.0 Å². The third-order valence-electron chi connectivity index (χ3n) is 3.50. The monoisotopic (exact) mass is 451 g/mol. The number of thioether (sulfide) groups is 1. The predicted octanol–water partition coefficient (Wildman–Crippen LogP) is 5.12. The summed E-state index contributed by atoms with van der Waals surface area (Å²) in [7, 11) is 0. The van der Waals surface area contributed by atoms with Crippen LogP contribution in [0.2, 0.25) is 5.02 Å². The molecule has 8 heteroatoms. The SMILES string of the molecule is Cc1ccc(NC(=O)CSc2nnc(Cc3ccc(Br)cc3)o2)cc1Cl. The maximum Gasteiger partial charge on any atom is 0.277 e. The summed E-state index contributed by atoms with van der Waals surface area (Å²) in [5.74, 6) is 0.522. The van der Waals surface area contributed by atoms with Crippen LogP contribution in [0.1, 0.15) is 17.0 Å². The van der Waals surface area contributed by atoms with Crippen LogP contribution in [-0.4, -0.2) is 21.9 Å². The number of amides is 1. The average molecular weight is 453 g/mol. The smallest absolute Gasteiger partial charge is 0.277 e. The van der Waals surface area contributed by atoms with Crippen molar-refractivity contribution in [3.05, 3.63) is 69.0 Å². The molecule has 5 nitrogen and oxygen atoms in total. The summed E-state index contributed by atoms with van der Waals surface area (Å²) in [5.41, 5.74) is 2.69. The highest BCUT2D eigenvalue weighted by atomic mass is 79.9. The van der Waals surface area contributed by atoms with E-state index in [2.05, 4.69) is 31.4 Å². The predicted molar refractivity (Wildman–Crippen MR) is 107 cm³/mol. The number of benzene rings is 2. The maximum absolute atomic E-state index is 12.0. The molecule has 0 saturated carbocycles. The molecule has 0 aliphatic rings. The molecule has 0 spiro atoms. The summed E-state index contributed by atoms with van der Waals surface area (Å²) < 4.78 is 6.60. The van der Waals surface area contributed by atoms with Gasteiger partial charge in [0.1, 0.15) is 0 Å². The van der Waals surface area contributed by atoms with E-state index in [0.717, 1.165) is 15.6 Å². The number of nitrogens with zero attached hydrogens (tertiary/aromatic N) is 2. The van der Waals surface area contributed by atoms with Crippen molar-refractivity contribution in [2.45, 2.75) is 18.6 Å². The number of halogens is 2. The molecule has 0 aliphatic carbocycles. The second-order valence-corrected chi connectivity index (χ2v) is 7.82. The number of hydrogen-bond donors (Lipinski definition) is 1. The van der Waals surface area contributed by atoms with E-state index in [1.54, 1.807) is 6.07 Å². The van der Waals surface area contributed by atoms with Crippen LogP contribution in [0.15, 0.2) is 56.6 Å². The number of carbonyl (C=O) groups excluding carboxylic acids is 1. The van der Waals surface area contributed by atoms with Crippen molar-refractivity contribution < 1.29 is 9.21 Å². The van der Waals surface area contributed by atoms with E-state index >= 15 is 0 Å². The fourth-order valence-electron chi connectivity index (χ4n) is 2.14. The highest BCUT2D eigenvalue weighted by Gasteiger charge is 2.11. The Morgan fingerprint density at radius 2 is 2.00 bits per heavy atom. The summed E-state index contributed by atoms with van der Waals surface area (Å²) in [6.45, 7) is 1.91. The summed E-state index contributed by atoms with van der Waals surface area (Å²) in [4.78, 5) is 12.0. The van der Waals surface area contributed by atoms with Gasteiger partial charge in [0.15, 0.2) is 0 Å². The summed E-state index contributed by atoms with van der Waals surface area (Å²) in [5, 5.41) is 11.8. The molecule has 1 aromatic heterocycles. The van der Waals surface area contributed by atoms with E-state index in [9.17, 15) is 4.79 Å². The van der Waals surface area contributed by atoms with Crippen LogP contribution in [-0.2, 0) is 11.2 Å². The molecule has 0 radical (unpaired) electrons. The summed E-state index contributed by atoms with van der Waals surface area (Å²) in [6.07, 6.45) is 0.550. The summed E-state index contributed by atoms with van der Waals surface area (Å²) >= 11 is 10.7. The van der Waals surface area contributed by atoms with E-state index in [1.165, 1.54) is 11.8 Å². The molecule has 3 aromatic rings. The minimum absolute atomic E-state index is 0.164. The number of anilines is 1. The Labute approximate surface area is 168 Å². The van der Waals surface area contributed by atoms with Crippen LogP contribution in [0, 0.1) is 6.92 Å². The van der Waals surface area contributed by atoms with Crippen molar-refractivity contribution >= 4 is 50.9 Å². The van der Waals surface area contributed by atoms with Gasteiger partial charge in [-0.3, -0.25) is 4.79 Å². The molecule has 3 rings (SSSR count). The van der Waals surface area contributed by atoms with Crippen LogP contribution in [0.3, 0.4) is 0 Å². The quantitative estimate of drug-likeness (QED) is 0.526. The number of nitrogens with one attached hydrogen (secondary N) is 1. The van der Waals surface area contributed by atoms with Crippen molar-refractivity contribution in [2.24, 2.45) is 0 Å². The zero-order chi connectivity index (χ0) is 18.5. The van der Waals surface area contributed by atoms with Gasteiger partial charge < -0.3 is 9.73 Å². The fourth-order valence-corrected chi connectivity index (χ4v) is 3.17. The lowest BCUT2D eigenvalue weighted by Crippen LogP contribution is -2.14. The Bertz CT molecular complexity index is 915. The third-order valence-corrected chi connectivity index (χ3v) is 5.25. The molecule has 0 saturated heterocycles. The van der Waals surface area contributed by atoms with E-state index in [0.29, 0.717) is 28.2 Å². The molecule has 26 heavy (non-hydrogen) atoms. The average Bonchev–Trinajstić information content (AvgIpc) is 3.06. The van der Waals surface area contributed by atoms with Crippen molar-refractivity contribution in [3.8, 4) is 0 Å². The Morgan fingerprint density at radius 3 is 2.73 bits per heavy atom. The Morgan fingerprint density at radius 1 is 1.23 bits per heavy atom. The molecule has 1 N–H and O–H groups in total. The Balaban J connectivity index is 1.51. The van der Waals surface area contributed by atoms with Gasteiger partial charge in [-0.05, 0) is 42.3 Å². The van der Waals surface area contributed by atoms with E-state index in [4.69, 9.17) is 16.0 Å². The molecule has 0 fully saturated rings. The fraction of sp³-hybridized carbons (Fsp3) is 0.167. The molecule has 0 atom stereocenters. The standard InChI is InChI=1S/C18H15BrClN3O2S/c1-11-2-7-14(9-15(11)20)21-16(24)10-26-18-23-22-17(25-18)8-12-3-5-13(19)6-4-12/h2-7,9H,8,10H2,1H3,(H,21,24). The van der Waals surface area contributed by atoms with Gasteiger partial charge in [-0.15, -0.1) is 10.2 Å². The number of rotatable bonds is 6. The number of aromatic nitrogens is 2. The zero-order valence-electron chi connectivity index (χ0n) is 13.8. The van der Waals surface area contributed by atoms with Crippen LogP contribution >= 0.6 is 39.3 Å². The van der Waals surface area contributed by atoms with Crippen molar-refractivity contribution in [2.75, 3.05) is 11.1 Å². The molecular formula is C18H15BrClN3O2S. The second kappa shape index (κ2) is 8.70. The van der Waals surface area contributed by atoms with Crippen LogP contribution in [0.4, 0.5) is 5.69 Å². The highest BCUT2D eigenvalue weighted by molar-refractivity contribution is 9.10. The zero-order valence-corrected chi connectivity index (χ0v) is 17.0. The Hall–Kier alpha value is -1.83. The van der Waals surface area contributed by atoms with E-state index < -0.39 is 0 Å². The number of carbonyl (C=O) groups is 1. The van der Waals surface area contributed by atoms with Gasteiger partial charge >= 0.3 is 0 Å². The van der Waals surface area contributed by atoms with E-state index in [-0.39, 0.29) is 11.7 Å².